The number of allylic oxidation sites excluding steroid dienone is 3. The lowest BCUT2D eigenvalue weighted by molar-refractivity contribution is -0.131. The topological polar surface area (TPSA) is 82.0 Å². The highest BCUT2D eigenvalue weighted by Crippen LogP contribution is 2.29. The molecule has 1 aliphatic heterocycles. The standard InChI is InChI=1S/C17H21N3O3/c21-16(19-23)8-6-12-5-7-14-15(9-12)18-11-20(17(14)22)10-13-3-1-2-4-13/h5-9,11,13-15,23H,1-4,10H2,(H,19,21)/b8-6+. The molecule has 0 bridgehead atoms. The van der Waals surface area contributed by atoms with E-state index in [0.29, 0.717) is 5.92 Å². The van der Waals surface area contributed by atoms with Crippen molar-refractivity contribution in [2.45, 2.75) is 31.7 Å². The van der Waals surface area contributed by atoms with Gasteiger partial charge < -0.3 is 4.90 Å². The van der Waals surface area contributed by atoms with E-state index in [-0.39, 0.29) is 17.9 Å². The monoisotopic (exact) mass is 315 g/mol. The second kappa shape index (κ2) is 6.91. The van der Waals surface area contributed by atoms with E-state index >= 15 is 0 Å². The van der Waals surface area contributed by atoms with E-state index in [1.54, 1.807) is 22.8 Å². The van der Waals surface area contributed by atoms with Gasteiger partial charge in [-0.3, -0.25) is 19.8 Å². The molecular formula is C17H21N3O3. The number of aliphatic imine (C=N–C) groups is 1. The zero-order valence-electron chi connectivity index (χ0n) is 12.9. The first-order valence-corrected chi connectivity index (χ1v) is 8.03. The molecule has 1 saturated carbocycles. The molecule has 0 aromatic carbocycles. The summed E-state index contributed by atoms with van der Waals surface area (Å²) in [6.07, 6.45) is 14.9. The first kappa shape index (κ1) is 15.7. The van der Waals surface area contributed by atoms with Crippen molar-refractivity contribution in [3.8, 4) is 0 Å². The number of carbonyl (C=O) groups excluding carboxylic acids is 2. The fraction of sp³-hybridized carbons (Fsp3) is 0.471. The predicted molar refractivity (Wildman–Crippen MR) is 85.7 cm³/mol. The van der Waals surface area contributed by atoms with E-state index in [1.165, 1.54) is 31.8 Å². The van der Waals surface area contributed by atoms with Crippen molar-refractivity contribution in [2.75, 3.05) is 6.54 Å². The molecule has 6 heteroatoms. The van der Waals surface area contributed by atoms with Crippen molar-refractivity contribution < 1.29 is 14.8 Å². The quantitative estimate of drug-likeness (QED) is 0.469. The summed E-state index contributed by atoms with van der Waals surface area (Å²) in [6.45, 7) is 0.770. The molecule has 2 amide bonds. The Hall–Kier alpha value is -2.21. The lowest BCUT2D eigenvalue weighted by Crippen LogP contribution is -2.45. The molecule has 0 aromatic rings. The van der Waals surface area contributed by atoms with Crippen molar-refractivity contribution in [1.82, 2.24) is 10.4 Å². The Labute approximate surface area is 135 Å². The average molecular weight is 315 g/mol. The van der Waals surface area contributed by atoms with Crippen LogP contribution in [0.25, 0.3) is 0 Å². The van der Waals surface area contributed by atoms with Crippen LogP contribution in [0.15, 0.2) is 40.9 Å². The summed E-state index contributed by atoms with van der Waals surface area (Å²) >= 11 is 0. The van der Waals surface area contributed by atoms with Gasteiger partial charge in [0.1, 0.15) is 0 Å². The summed E-state index contributed by atoms with van der Waals surface area (Å²) in [5.74, 6) is -0.154. The van der Waals surface area contributed by atoms with Crippen LogP contribution >= 0.6 is 0 Å². The number of rotatable bonds is 4. The van der Waals surface area contributed by atoms with Crippen LogP contribution in [0, 0.1) is 11.8 Å². The van der Waals surface area contributed by atoms with Crippen LogP contribution in [-0.2, 0) is 9.59 Å². The lowest BCUT2D eigenvalue weighted by Gasteiger charge is -2.32. The van der Waals surface area contributed by atoms with Crippen LogP contribution in [0.3, 0.4) is 0 Å². The van der Waals surface area contributed by atoms with Crippen LogP contribution < -0.4 is 5.48 Å². The lowest BCUT2D eigenvalue weighted by atomic mass is 9.89. The molecule has 1 heterocycles. The first-order chi connectivity index (χ1) is 11.2. The maximum Gasteiger partial charge on any atom is 0.267 e. The Bertz CT molecular complexity index is 600. The predicted octanol–water partition coefficient (Wildman–Crippen LogP) is 1.59. The SMILES string of the molecule is O=C(/C=C/C1=CC2N=CN(CC3CCCC3)C(=O)C2C=C1)NO. The highest BCUT2D eigenvalue weighted by Gasteiger charge is 2.34. The maximum atomic E-state index is 12.6. The molecule has 122 valence electrons. The fourth-order valence-electron chi connectivity index (χ4n) is 3.38. The minimum absolute atomic E-state index is 0.0977. The summed E-state index contributed by atoms with van der Waals surface area (Å²) in [5, 5.41) is 8.47. The van der Waals surface area contributed by atoms with E-state index in [0.717, 1.165) is 12.1 Å². The van der Waals surface area contributed by atoms with Crippen LogP contribution in [0.1, 0.15) is 25.7 Å². The van der Waals surface area contributed by atoms with E-state index in [1.807, 2.05) is 18.2 Å². The Morgan fingerprint density at radius 1 is 1.43 bits per heavy atom. The van der Waals surface area contributed by atoms with Gasteiger partial charge >= 0.3 is 0 Å². The molecular weight excluding hydrogens is 294 g/mol. The zero-order chi connectivity index (χ0) is 16.2. The number of fused-ring (bicyclic) bond motifs is 1. The minimum atomic E-state index is -0.590. The van der Waals surface area contributed by atoms with Gasteiger partial charge in [-0.05, 0) is 30.4 Å². The van der Waals surface area contributed by atoms with Gasteiger partial charge in [0.2, 0.25) is 5.91 Å². The zero-order valence-corrected chi connectivity index (χ0v) is 12.9. The van der Waals surface area contributed by atoms with E-state index in [9.17, 15) is 9.59 Å². The van der Waals surface area contributed by atoms with Crippen LogP contribution in [0.4, 0.5) is 0 Å². The summed E-state index contributed by atoms with van der Waals surface area (Å²) in [7, 11) is 0. The van der Waals surface area contributed by atoms with Crippen molar-refractivity contribution in [1.29, 1.82) is 0 Å². The summed E-state index contributed by atoms with van der Waals surface area (Å²) in [4.78, 5) is 29.9. The highest BCUT2D eigenvalue weighted by molar-refractivity contribution is 5.94. The number of nitrogens with zero attached hydrogens (tertiary/aromatic N) is 2. The van der Waals surface area contributed by atoms with Crippen molar-refractivity contribution >= 4 is 18.2 Å². The first-order valence-electron chi connectivity index (χ1n) is 8.03. The average Bonchev–Trinajstić information content (AvgIpc) is 3.08. The van der Waals surface area contributed by atoms with Crippen LogP contribution in [-0.4, -0.2) is 40.8 Å². The van der Waals surface area contributed by atoms with Gasteiger partial charge in [0.15, 0.2) is 0 Å². The Balaban J connectivity index is 1.67. The fourth-order valence-corrected chi connectivity index (χ4v) is 3.38. The molecule has 2 N–H and O–H groups in total. The molecule has 0 radical (unpaired) electrons. The number of nitrogens with one attached hydrogen (secondary N) is 1. The normalized spacial score (nSPS) is 27.4. The summed E-state index contributed by atoms with van der Waals surface area (Å²) in [6, 6.07) is -0.218. The maximum absolute atomic E-state index is 12.6. The van der Waals surface area contributed by atoms with Gasteiger partial charge in [-0.2, -0.15) is 0 Å². The molecule has 0 aromatic heterocycles. The largest absolute Gasteiger partial charge is 0.302 e. The Morgan fingerprint density at radius 2 is 2.22 bits per heavy atom. The van der Waals surface area contributed by atoms with Crippen LogP contribution in [0.5, 0.6) is 0 Å². The van der Waals surface area contributed by atoms with Crippen molar-refractivity contribution in [3.63, 3.8) is 0 Å². The van der Waals surface area contributed by atoms with E-state index < -0.39 is 5.91 Å². The number of hydroxylamine groups is 1. The Morgan fingerprint density at radius 3 is 2.96 bits per heavy atom. The molecule has 2 atom stereocenters. The smallest absolute Gasteiger partial charge is 0.267 e. The molecule has 3 aliphatic rings. The van der Waals surface area contributed by atoms with Gasteiger partial charge in [0, 0.05) is 12.6 Å². The number of amides is 2. The summed E-state index contributed by atoms with van der Waals surface area (Å²) < 4.78 is 0. The molecule has 1 fully saturated rings. The molecule has 23 heavy (non-hydrogen) atoms. The van der Waals surface area contributed by atoms with Gasteiger partial charge in [-0.15, -0.1) is 0 Å². The third kappa shape index (κ3) is 3.59. The highest BCUT2D eigenvalue weighted by atomic mass is 16.5. The second-order valence-corrected chi connectivity index (χ2v) is 6.26. The molecule has 2 aliphatic carbocycles. The number of carbonyl (C=O) groups is 2. The van der Waals surface area contributed by atoms with E-state index in [2.05, 4.69) is 4.99 Å². The third-order valence-electron chi connectivity index (χ3n) is 4.64. The summed E-state index contributed by atoms with van der Waals surface area (Å²) in [5.41, 5.74) is 2.34. The number of hydrogen-bond acceptors (Lipinski definition) is 4. The van der Waals surface area contributed by atoms with Gasteiger partial charge in [-0.1, -0.05) is 31.1 Å². The molecule has 0 spiro atoms. The number of hydrogen-bond donors (Lipinski definition) is 2. The Kier molecular flexibility index (Phi) is 4.71. The minimum Gasteiger partial charge on any atom is -0.302 e. The third-order valence-corrected chi connectivity index (χ3v) is 4.64. The molecule has 3 rings (SSSR count). The molecule has 2 unspecified atom stereocenters. The van der Waals surface area contributed by atoms with Crippen LogP contribution in [0.2, 0.25) is 0 Å². The second-order valence-electron chi connectivity index (χ2n) is 6.26. The van der Waals surface area contributed by atoms with Crippen molar-refractivity contribution in [3.05, 3.63) is 36.0 Å². The molecule has 0 saturated heterocycles. The van der Waals surface area contributed by atoms with E-state index in [4.69, 9.17) is 5.21 Å². The van der Waals surface area contributed by atoms with Crippen molar-refractivity contribution in [2.24, 2.45) is 16.8 Å². The molecule has 6 nitrogen and oxygen atoms in total. The van der Waals surface area contributed by atoms with Gasteiger partial charge in [0.25, 0.3) is 5.91 Å². The van der Waals surface area contributed by atoms with Gasteiger partial charge in [0.05, 0.1) is 18.3 Å². The van der Waals surface area contributed by atoms with Gasteiger partial charge in [-0.25, -0.2) is 5.48 Å².